The van der Waals surface area contributed by atoms with Gasteiger partial charge in [0, 0.05) is 30.1 Å². The van der Waals surface area contributed by atoms with Gasteiger partial charge in [-0.15, -0.1) is 11.3 Å². The molecule has 1 fully saturated rings. The molecule has 4 rings (SSSR count). The first-order valence-electron chi connectivity index (χ1n) is 9.45. The van der Waals surface area contributed by atoms with Crippen molar-refractivity contribution < 1.29 is 13.9 Å². The standard InChI is InChI=1S/C20H22FN5O2S/c1-12(2)26-11-23-17(13-3-5-14(21)6-4-13)18(26)20-24-15(10-29-20)19(27)25-16-9-22-7-8-28-16/h3-6,10-12,16,22H,7-9H2,1-2H3,(H,25,27). The van der Waals surface area contributed by atoms with E-state index in [-0.39, 0.29) is 24.0 Å². The summed E-state index contributed by atoms with van der Waals surface area (Å²) in [5.41, 5.74) is 2.65. The number of ether oxygens (including phenoxy) is 1. The number of halogens is 1. The Kier molecular flexibility index (Phi) is 5.70. The summed E-state index contributed by atoms with van der Waals surface area (Å²) in [6.07, 6.45) is 1.39. The molecule has 29 heavy (non-hydrogen) atoms. The lowest BCUT2D eigenvalue weighted by molar-refractivity contribution is 0.00822. The fourth-order valence-corrected chi connectivity index (χ4v) is 4.00. The second kappa shape index (κ2) is 8.40. The molecule has 2 aromatic heterocycles. The lowest BCUT2D eigenvalue weighted by Crippen LogP contribution is -2.49. The number of imidazole rings is 1. The summed E-state index contributed by atoms with van der Waals surface area (Å²) in [4.78, 5) is 21.7. The van der Waals surface area contributed by atoms with Crippen molar-refractivity contribution in [2.24, 2.45) is 0 Å². The van der Waals surface area contributed by atoms with E-state index in [1.807, 2.05) is 18.4 Å². The van der Waals surface area contributed by atoms with Gasteiger partial charge in [0.1, 0.15) is 28.4 Å². The van der Waals surface area contributed by atoms with Crippen molar-refractivity contribution in [3.05, 3.63) is 47.5 Å². The molecule has 0 radical (unpaired) electrons. The number of morpholine rings is 1. The van der Waals surface area contributed by atoms with Crippen LogP contribution in [0.2, 0.25) is 0 Å². The van der Waals surface area contributed by atoms with Gasteiger partial charge in [0.25, 0.3) is 5.91 Å². The van der Waals surface area contributed by atoms with Gasteiger partial charge >= 0.3 is 0 Å². The first-order valence-corrected chi connectivity index (χ1v) is 10.3. The van der Waals surface area contributed by atoms with Crippen LogP contribution in [0, 0.1) is 5.82 Å². The Balaban J connectivity index is 1.65. The molecule has 0 bridgehead atoms. The largest absolute Gasteiger partial charge is 0.356 e. The molecule has 9 heteroatoms. The molecular weight excluding hydrogens is 393 g/mol. The molecule has 0 saturated carbocycles. The van der Waals surface area contributed by atoms with Crippen molar-refractivity contribution in [2.75, 3.05) is 19.7 Å². The maximum atomic E-state index is 13.3. The fourth-order valence-electron chi connectivity index (χ4n) is 3.15. The maximum Gasteiger partial charge on any atom is 0.272 e. The highest BCUT2D eigenvalue weighted by molar-refractivity contribution is 7.13. The number of aromatic nitrogens is 3. The number of carbonyl (C=O) groups excluding carboxylic acids is 1. The average molecular weight is 415 g/mol. The van der Waals surface area contributed by atoms with Gasteiger partial charge in [-0.1, -0.05) is 0 Å². The van der Waals surface area contributed by atoms with Crippen molar-refractivity contribution in [3.8, 4) is 22.0 Å². The summed E-state index contributed by atoms with van der Waals surface area (Å²) in [5, 5.41) is 8.43. The molecule has 7 nitrogen and oxygen atoms in total. The molecule has 1 aromatic carbocycles. The first kappa shape index (κ1) is 19.7. The molecule has 0 aliphatic carbocycles. The van der Waals surface area contributed by atoms with Crippen LogP contribution in [-0.4, -0.2) is 46.4 Å². The highest BCUT2D eigenvalue weighted by atomic mass is 32.1. The third-order valence-corrected chi connectivity index (χ3v) is 5.48. The molecule has 152 valence electrons. The molecule has 3 heterocycles. The molecule has 2 N–H and O–H groups in total. The van der Waals surface area contributed by atoms with E-state index in [4.69, 9.17) is 4.74 Å². The predicted molar refractivity (Wildman–Crippen MR) is 109 cm³/mol. The van der Waals surface area contributed by atoms with Gasteiger partial charge < -0.3 is 19.9 Å². The molecule has 1 aliphatic heterocycles. The van der Waals surface area contributed by atoms with Crippen LogP contribution in [0.25, 0.3) is 22.0 Å². The summed E-state index contributed by atoms with van der Waals surface area (Å²) >= 11 is 1.38. The Morgan fingerprint density at radius 3 is 2.86 bits per heavy atom. The second-order valence-corrected chi connectivity index (χ2v) is 7.88. The summed E-state index contributed by atoms with van der Waals surface area (Å²) < 4.78 is 20.9. The Hall–Kier alpha value is -2.62. The Labute approximate surface area is 171 Å². The molecular formula is C20H22FN5O2S. The quantitative estimate of drug-likeness (QED) is 0.669. The van der Waals surface area contributed by atoms with E-state index in [0.29, 0.717) is 29.5 Å². The van der Waals surface area contributed by atoms with Crippen molar-refractivity contribution in [1.82, 2.24) is 25.2 Å². The normalized spacial score (nSPS) is 16.9. The van der Waals surface area contributed by atoms with Crippen LogP contribution in [0.15, 0.2) is 36.0 Å². The smallest absolute Gasteiger partial charge is 0.272 e. The molecule has 1 aliphatic rings. The molecule has 1 unspecified atom stereocenters. The van der Waals surface area contributed by atoms with E-state index in [2.05, 4.69) is 20.6 Å². The van der Waals surface area contributed by atoms with Gasteiger partial charge in [0.15, 0.2) is 0 Å². The summed E-state index contributed by atoms with van der Waals surface area (Å²) in [7, 11) is 0. The van der Waals surface area contributed by atoms with Crippen LogP contribution in [0.4, 0.5) is 4.39 Å². The zero-order valence-corrected chi connectivity index (χ0v) is 17.0. The third kappa shape index (κ3) is 4.21. The van der Waals surface area contributed by atoms with E-state index in [0.717, 1.165) is 17.8 Å². The van der Waals surface area contributed by atoms with Crippen LogP contribution in [0.1, 0.15) is 30.4 Å². The number of nitrogens with zero attached hydrogens (tertiary/aromatic N) is 3. The summed E-state index contributed by atoms with van der Waals surface area (Å²) in [5.74, 6) is -0.577. The fraction of sp³-hybridized carbons (Fsp3) is 0.350. The topological polar surface area (TPSA) is 81.1 Å². The monoisotopic (exact) mass is 415 g/mol. The lowest BCUT2D eigenvalue weighted by Gasteiger charge is -2.23. The van der Waals surface area contributed by atoms with E-state index in [1.165, 1.54) is 23.5 Å². The van der Waals surface area contributed by atoms with Crippen LogP contribution < -0.4 is 10.6 Å². The minimum absolute atomic E-state index is 0.148. The van der Waals surface area contributed by atoms with Gasteiger partial charge in [0.2, 0.25) is 0 Å². The molecule has 3 aromatic rings. The van der Waals surface area contributed by atoms with Gasteiger partial charge in [-0.3, -0.25) is 4.79 Å². The Morgan fingerprint density at radius 2 is 2.17 bits per heavy atom. The van der Waals surface area contributed by atoms with Crippen molar-refractivity contribution in [3.63, 3.8) is 0 Å². The van der Waals surface area contributed by atoms with Gasteiger partial charge in [-0.25, -0.2) is 14.4 Å². The number of hydrogen-bond donors (Lipinski definition) is 2. The van der Waals surface area contributed by atoms with Crippen LogP contribution >= 0.6 is 11.3 Å². The number of thiazole rings is 1. The number of carbonyl (C=O) groups is 1. The highest BCUT2D eigenvalue weighted by Crippen LogP contribution is 2.35. The van der Waals surface area contributed by atoms with Crippen LogP contribution in [0.5, 0.6) is 0 Å². The molecule has 0 spiro atoms. The average Bonchev–Trinajstić information content (AvgIpc) is 3.36. The van der Waals surface area contributed by atoms with Gasteiger partial charge in [-0.2, -0.15) is 0 Å². The van der Waals surface area contributed by atoms with Crippen molar-refractivity contribution >= 4 is 17.2 Å². The van der Waals surface area contributed by atoms with E-state index >= 15 is 0 Å². The third-order valence-electron chi connectivity index (χ3n) is 4.63. The number of nitrogens with one attached hydrogen (secondary N) is 2. The maximum absolute atomic E-state index is 13.3. The first-order chi connectivity index (χ1) is 14.0. The summed E-state index contributed by atoms with van der Waals surface area (Å²) in [6.45, 7) is 6.00. The van der Waals surface area contributed by atoms with E-state index in [1.54, 1.807) is 23.8 Å². The Morgan fingerprint density at radius 1 is 1.38 bits per heavy atom. The SMILES string of the molecule is CC(C)n1cnc(-c2ccc(F)cc2)c1-c1nc(C(=O)NC2CNCCO2)cs1. The number of hydrogen-bond acceptors (Lipinski definition) is 6. The van der Waals surface area contributed by atoms with E-state index < -0.39 is 0 Å². The molecule has 1 atom stereocenters. The zero-order valence-electron chi connectivity index (χ0n) is 16.2. The van der Waals surface area contributed by atoms with E-state index in [9.17, 15) is 9.18 Å². The minimum Gasteiger partial charge on any atom is -0.356 e. The van der Waals surface area contributed by atoms with Crippen molar-refractivity contribution in [1.29, 1.82) is 0 Å². The van der Waals surface area contributed by atoms with Crippen LogP contribution in [-0.2, 0) is 4.74 Å². The van der Waals surface area contributed by atoms with Gasteiger partial charge in [-0.05, 0) is 38.1 Å². The summed E-state index contributed by atoms with van der Waals surface area (Å²) in [6, 6.07) is 6.36. The number of amides is 1. The number of rotatable bonds is 5. The Bertz CT molecular complexity index is 993. The zero-order chi connectivity index (χ0) is 20.4. The molecule has 1 amide bonds. The highest BCUT2D eigenvalue weighted by Gasteiger charge is 2.23. The molecule has 1 saturated heterocycles. The predicted octanol–water partition coefficient (Wildman–Crippen LogP) is 3.07. The van der Waals surface area contributed by atoms with Crippen LogP contribution in [0.3, 0.4) is 0 Å². The van der Waals surface area contributed by atoms with Gasteiger partial charge in [0.05, 0.1) is 18.6 Å². The minimum atomic E-state index is -0.364. The lowest BCUT2D eigenvalue weighted by atomic mass is 10.1. The van der Waals surface area contributed by atoms with Crippen molar-refractivity contribution in [2.45, 2.75) is 26.1 Å². The second-order valence-electron chi connectivity index (χ2n) is 7.02. The number of benzene rings is 1.